The summed E-state index contributed by atoms with van der Waals surface area (Å²) in [6, 6.07) is 0. The van der Waals surface area contributed by atoms with Gasteiger partial charge in [-0.15, -0.1) is 11.8 Å². The number of hydrogen-bond donors (Lipinski definition) is 1. The van der Waals surface area contributed by atoms with E-state index in [1.807, 2.05) is 12.3 Å². The van der Waals surface area contributed by atoms with Crippen LogP contribution in [0.15, 0.2) is 11.0 Å². The van der Waals surface area contributed by atoms with Gasteiger partial charge in [-0.2, -0.15) is 0 Å². The van der Waals surface area contributed by atoms with E-state index in [0.29, 0.717) is 0 Å². The summed E-state index contributed by atoms with van der Waals surface area (Å²) >= 11 is 1.50. The molecule has 0 unspecified atom stereocenters. The van der Waals surface area contributed by atoms with Gasteiger partial charge in [-0.25, -0.2) is 0 Å². The summed E-state index contributed by atoms with van der Waals surface area (Å²) in [6.45, 7) is 0.795. The maximum absolute atomic E-state index is 10.8. The lowest BCUT2D eigenvalue weighted by Gasteiger charge is -2.10. The average Bonchev–Trinajstić information content (AvgIpc) is 1.89. The molecule has 1 rings (SSSR count). The lowest BCUT2D eigenvalue weighted by atomic mass is 10.3. The van der Waals surface area contributed by atoms with Gasteiger partial charge in [-0.3, -0.25) is 4.79 Å². The molecule has 0 aromatic heterocycles. The lowest BCUT2D eigenvalue weighted by molar-refractivity contribution is -0.117. The SMILES string of the molecule is CSC1=CCCNC1=O. The first-order chi connectivity index (χ1) is 4.34. The van der Waals surface area contributed by atoms with Gasteiger partial charge in [0.1, 0.15) is 0 Å². The number of rotatable bonds is 1. The summed E-state index contributed by atoms with van der Waals surface area (Å²) in [7, 11) is 0. The molecule has 3 heteroatoms. The van der Waals surface area contributed by atoms with Crippen molar-refractivity contribution in [2.24, 2.45) is 0 Å². The van der Waals surface area contributed by atoms with Crippen LogP contribution in [0.1, 0.15) is 6.42 Å². The van der Waals surface area contributed by atoms with E-state index < -0.39 is 0 Å². The summed E-state index contributed by atoms with van der Waals surface area (Å²) in [4.78, 5) is 11.7. The van der Waals surface area contributed by atoms with Crippen molar-refractivity contribution in [2.45, 2.75) is 6.42 Å². The highest BCUT2D eigenvalue weighted by molar-refractivity contribution is 8.03. The van der Waals surface area contributed by atoms with E-state index in [9.17, 15) is 4.79 Å². The van der Waals surface area contributed by atoms with Gasteiger partial charge >= 0.3 is 0 Å². The Kier molecular flexibility index (Phi) is 2.16. The highest BCUT2D eigenvalue weighted by Crippen LogP contribution is 2.14. The van der Waals surface area contributed by atoms with Crippen LogP contribution in [0.4, 0.5) is 0 Å². The number of thioether (sulfide) groups is 1. The van der Waals surface area contributed by atoms with Crippen LogP contribution in [0.3, 0.4) is 0 Å². The van der Waals surface area contributed by atoms with Gasteiger partial charge in [-0.05, 0) is 12.7 Å². The van der Waals surface area contributed by atoms with Crippen molar-refractivity contribution in [1.82, 2.24) is 5.32 Å². The van der Waals surface area contributed by atoms with Crippen molar-refractivity contribution in [1.29, 1.82) is 0 Å². The van der Waals surface area contributed by atoms with Gasteiger partial charge in [0.15, 0.2) is 0 Å². The Bertz CT molecular complexity index is 153. The fraction of sp³-hybridized carbons (Fsp3) is 0.500. The predicted octanol–water partition coefficient (Wildman–Crippen LogP) is 0.753. The van der Waals surface area contributed by atoms with Crippen LogP contribution in [-0.2, 0) is 4.79 Å². The Morgan fingerprint density at radius 1 is 1.78 bits per heavy atom. The molecule has 0 fully saturated rings. The maximum atomic E-state index is 10.8. The third-order valence-corrected chi connectivity index (χ3v) is 2.00. The monoisotopic (exact) mass is 143 g/mol. The highest BCUT2D eigenvalue weighted by Gasteiger charge is 2.09. The second-order valence-corrected chi connectivity index (χ2v) is 2.67. The number of carbonyl (C=O) groups excluding carboxylic acids is 1. The largest absolute Gasteiger partial charge is 0.351 e. The van der Waals surface area contributed by atoms with Gasteiger partial charge < -0.3 is 5.32 Å². The zero-order valence-corrected chi connectivity index (χ0v) is 6.12. The minimum absolute atomic E-state index is 0.0775. The van der Waals surface area contributed by atoms with E-state index in [1.54, 1.807) is 0 Å². The van der Waals surface area contributed by atoms with Crippen LogP contribution in [0, 0.1) is 0 Å². The minimum atomic E-state index is 0.0775. The molecule has 0 bridgehead atoms. The zero-order valence-electron chi connectivity index (χ0n) is 5.31. The number of carbonyl (C=O) groups is 1. The number of nitrogens with one attached hydrogen (secondary N) is 1. The molecular weight excluding hydrogens is 134 g/mol. The topological polar surface area (TPSA) is 29.1 Å². The Morgan fingerprint density at radius 2 is 2.56 bits per heavy atom. The van der Waals surface area contributed by atoms with Gasteiger partial charge in [0.05, 0.1) is 4.91 Å². The van der Waals surface area contributed by atoms with Crippen LogP contribution in [0.5, 0.6) is 0 Å². The Labute approximate surface area is 58.7 Å². The standard InChI is InChI=1S/C6H9NOS/c1-9-5-3-2-4-7-6(5)8/h3H,2,4H2,1H3,(H,7,8). The molecule has 9 heavy (non-hydrogen) atoms. The van der Waals surface area contributed by atoms with Crippen LogP contribution in [0.2, 0.25) is 0 Å². The van der Waals surface area contributed by atoms with E-state index >= 15 is 0 Å². The molecule has 1 amide bonds. The summed E-state index contributed by atoms with van der Waals surface area (Å²) in [5.41, 5.74) is 0. The maximum Gasteiger partial charge on any atom is 0.257 e. The van der Waals surface area contributed by atoms with Crippen LogP contribution >= 0.6 is 11.8 Å². The molecule has 1 aliphatic rings. The van der Waals surface area contributed by atoms with Gasteiger partial charge in [0.2, 0.25) is 0 Å². The molecule has 0 aromatic carbocycles. The van der Waals surface area contributed by atoms with Gasteiger partial charge in [-0.1, -0.05) is 6.08 Å². The molecule has 0 radical (unpaired) electrons. The zero-order chi connectivity index (χ0) is 6.69. The molecule has 0 atom stereocenters. The van der Waals surface area contributed by atoms with Crippen LogP contribution < -0.4 is 5.32 Å². The fourth-order valence-corrected chi connectivity index (χ4v) is 1.29. The molecule has 2 nitrogen and oxygen atoms in total. The van der Waals surface area contributed by atoms with Crippen molar-refractivity contribution < 1.29 is 4.79 Å². The first-order valence-electron chi connectivity index (χ1n) is 2.87. The normalized spacial score (nSPS) is 18.8. The minimum Gasteiger partial charge on any atom is -0.351 e. The molecule has 1 N–H and O–H groups in total. The third-order valence-electron chi connectivity index (χ3n) is 1.20. The molecule has 1 heterocycles. The molecule has 0 aromatic rings. The van der Waals surface area contributed by atoms with Crippen molar-refractivity contribution in [3.8, 4) is 0 Å². The van der Waals surface area contributed by atoms with Gasteiger partial charge in [0.25, 0.3) is 5.91 Å². The molecule has 0 spiro atoms. The van der Waals surface area contributed by atoms with Crippen molar-refractivity contribution in [3.05, 3.63) is 11.0 Å². The quantitative estimate of drug-likeness (QED) is 0.587. The van der Waals surface area contributed by atoms with E-state index in [-0.39, 0.29) is 5.91 Å². The lowest BCUT2D eigenvalue weighted by Crippen LogP contribution is -2.28. The molecule has 50 valence electrons. The highest BCUT2D eigenvalue weighted by atomic mass is 32.2. The average molecular weight is 143 g/mol. The summed E-state index contributed by atoms with van der Waals surface area (Å²) in [5.74, 6) is 0.0775. The molecular formula is C6H9NOS. The summed E-state index contributed by atoms with van der Waals surface area (Å²) in [6.07, 6.45) is 4.86. The second kappa shape index (κ2) is 2.92. The van der Waals surface area contributed by atoms with Crippen molar-refractivity contribution >= 4 is 17.7 Å². The Morgan fingerprint density at radius 3 is 3.00 bits per heavy atom. The fourth-order valence-electron chi connectivity index (χ4n) is 0.745. The molecule has 0 aliphatic carbocycles. The van der Waals surface area contributed by atoms with E-state index in [1.165, 1.54) is 11.8 Å². The predicted molar refractivity (Wildman–Crippen MR) is 39.2 cm³/mol. The first kappa shape index (κ1) is 6.68. The van der Waals surface area contributed by atoms with Crippen LogP contribution in [0.25, 0.3) is 0 Å². The van der Waals surface area contributed by atoms with E-state index in [0.717, 1.165) is 17.9 Å². The first-order valence-corrected chi connectivity index (χ1v) is 4.09. The third kappa shape index (κ3) is 1.48. The van der Waals surface area contributed by atoms with E-state index in [4.69, 9.17) is 0 Å². The smallest absolute Gasteiger partial charge is 0.257 e. The van der Waals surface area contributed by atoms with Crippen molar-refractivity contribution in [3.63, 3.8) is 0 Å². The summed E-state index contributed by atoms with van der Waals surface area (Å²) < 4.78 is 0. The Balaban J connectivity index is 2.64. The van der Waals surface area contributed by atoms with Crippen molar-refractivity contribution in [2.75, 3.05) is 12.8 Å². The molecule has 0 saturated carbocycles. The second-order valence-electron chi connectivity index (χ2n) is 1.82. The van der Waals surface area contributed by atoms with E-state index in [2.05, 4.69) is 5.32 Å². The number of hydrogen-bond acceptors (Lipinski definition) is 2. The van der Waals surface area contributed by atoms with Gasteiger partial charge in [0, 0.05) is 6.54 Å². The Hall–Kier alpha value is -0.440. The molecule has 1 aliphatic heterocycles. The number of amides is 1. The molecule has 0 saturated heterocycles. The van der Waals surface area contributed by atoms with Crippen LogP contribution in [-0.4, -0.2) is 18.7 Å². The summed E-state index contributed by atoms with van der Waals surface area (Å²) in [5, 5.41) is 2.75.